The fourth-order valence-corrected chi connectivity index (χ4v) is 4.08. The minimum Gasteiger partial charge on any atom is -0.368 e. The van der Waals surface area contributed by atoms with Crippen LogP contribution in [0.1, 0.15) is 11.1 Å². The molecule has 1 aromatic heterocycles. The molecule has 2 saturated heterocycles. The lowest BCUT2D eigenvalue weighted by atomic mass is 10.1. The molecule has 0 unspecified atom stereocenters. The van der Waals surface area contributed by atoms with Crippen molar-refractivity contribution in [2.24, 2.45) is 0 Å². The van der Waals surface area contributed by atoms with Crippen molar-refractivity contribution in [3.05, 3.63) is 53.7 Å². The summed E-state index contributed by atoms with van der Waals surface area (Å²) in [4.78, 5) is 26.0. The van der Waals surface area contributed by atoms with Gasteiger partial charge in [-0.2, -0.15) is 0 Å². The number of aromatic nitrogens is 1. The molecule has 0 spiro atoms. The van der Waals surface area contributed by atoms with E-state index in [1.54, 1.807) is 0 Å². The molecule has 0 radical (unpaired) electrons. The maximum Gasteiger partial charge on any atom is 0.320 e. The van der Waals surface area contributed by atoms with Gasteiger partial charge in [-0.15, -0.1) is 0 Å². The SMILES string of the molecule is Cc1cccc(N2CCN(C(=O)N3CCN(c4ccccn4)CC3)CC2)c1C. The summed E-state index contributed by atoms with van der Waals surface area (Å²) >= 11 is 0. The summed E-state index contributed by atoms with van der Waals surface area (Å²) < 4.78 is 0. The maximum absolute atomic E-state index is 13.0. The molecule has 0 N–H and O–H groups in total. The van der Waals surface area contributed by atoms with Crippen LogP contribution in [-0.4, -0.2) is 73.2 Å². The van der Waals surface area contributed by atoms with Crippen LogP contribution in [0, 0.1) is 13.8 Å². The lowest BCUT2D eigenvalue weighted by Crippen LogP contribution is -2.57. The van der Waals surface area contributed by atoms with E-state index in [1.807, 2.05) is 34.2 Å². The summed E-state index contributed by atoms with van der Waals surface area (Å²) in [6.07, 6.45) is 1.82. The van der Waals surface area contributed by atoms with Gasteiger partial charge >= 0.3 is 6.03 Å². The number of benzene rings is 1. The molecule has 0 bridgehead atoms. The van der Waals surface area contributed by atoms with Crippen LogP contribution >= 0.6 is 0 Å². The average molecular weight is 380 g/mol. The number of rotatable bonds is 2. The fourth-order valence-electron chi connectivity index (χ4n) is 4.08. The molecule has 28 heavy (non-hydrogen) atoms. The first-order valence-electron chi connectivity index (χ1n) is 10.1. The largest absolute Gasteiger partial charge is 0.368 e. The number of carbonyl (C=O) groups is 1. The molecule has 1 aromatic carbocycles. The molecule has 2 fully saturated rings. The van der Waals surface area contributed by atoms with Crippen molar-refractivity contribution in [2.75, 3.05) is 62.2 Å². The molecule has 2 amide bonds. The van der Waals surface area contributed by atoms with Gasteiger partial charge in [0.25, 0.3) is 0 Å². The minimum atomic E-state index is 0.182. The number of pyridine rings is 1. The first kappa shape index (κ1) is 18.6. The summed E-state index contributed by atoms with van der Waals surface area (Å²) in [5, 5.41) is 0. The Bertz CT molecular complexity index is 809. The van der Waals surface area contributed by atoms with Gasteiger partial charge in [-0.1, -0.05) is 18.2 Å². The second kappa shape index (κ2) is 8.09. The van der Waals surface area contributed by atoms with Gasteiger partial charge in [0.1, 0.15) is 5.82 Å². The summed E-state index contributed by atoms with van der Waals surface area (Å²) in [6, 6.07) is 12.6. The number of nitrogens with zero attached hydrogens (tertiary/aromatic N) is 5. The summed E-state index contributed by atoms with van der Waals surface area (Å²) in [7, 11) is 0. The van der Waals surface area contributed by atoms with Gasteiger partial charge in [-0.3, -0.25) is 0 Å². The molecule has 3 heterocycles. The first-order valence-corrected chi connectivity index (χ1v) is 10.1. The van der Waals surface area contributed by atoms with E-state index in [2.05, 4.69) is 46.8 Å². The summed E-state index contributed by atoms with van der Waals surface area (Å²) in [5.41, 5.74) is 3.96. The standard InChI is InChI=1S/C22H29N5O/c1-18-6-5-7-20(19(18)2)24-10-14-26(15-11-24)22(28)27-16-12-25(13-17-27)21-8-3-4-9-23-21/h3-9H,10-17H2,1-2H3. The first-order chi connectivity index (χ1) is 13.6. The lowest BCUT2D eigenvalue weighted by molar-refractivity contribution is 0.147. The third-order valence-electron chi connectivity index (χ3n) is 5.99. The third kappa shape index (κ3) is 3.77. The van der Waals surface area contributed by atoms with Crippen LogP contribution in [0.25, 0.3) is 0 Å². The third-order valence-corrected chi connectivity index (χ3v) is 5.99. The number of urea groups is 1. The lowest BCUT2D eigenvalue weighted by Gasteiger charge is -2.41. The van der Waals surface area contributed by atoms with E-state index in [0.717, 1.165) is 58.2 Å². The van der Waals surface area contributed by atoms with Crippen LogP contribution in [-0.2, 0) is 0 Å². The Kier molecular flexibility index (Phi) is 5.37. The van der Waals surface area contributed by atoms with E-state index in [9.17, 15) is 4.79 Å². The molecule has 0 aliphatic carbocycles. The van der Waals surface area contributed by atoms with Gasteiger partial charge in [-0.05, 0) is 43.2 Å². The monoisotopic (exact) mass is 379 g/mol. The van der Waals surface area contributed by atoms with E-state index in [4.69, 9.17) is 0 Å². The highest BCUT2D eigenvalue weighted by Crippen LogP contribution is 2.24. The molecule has 4 rings (SSSR count). The number of carbonyl (C=O) groups excluding carboxylic acids is 1. The van der Waals surface area contributed by atoms with Crippen molar-refractivity contribution >= 4 is 17.5 Å². The molecular formula is C22H29N5O. The molecular weight excluding hydrogens is 350 g/mol. The zero-order chi connectivity index (χ0) is 19.5. The Morgan fingerprint density at radius 3 is 2.04 bits per heavy atom. The zero-order valence-electron chi connectivity index (χ0n) is 16.8. The summed E-state index contributed by atoms with van der Waals surface area (Å²) in [5.74, 6) is 0.997. The number of hydrogen-bond acceptors (Lipinski definition) is 4. The molecule has 6 heteroatoms. The minimum absolute atomic E-state index is 0.182. The van der Waals surface area contributed by atoms with Crippen LogP contribution in [0.2, 0.25) is 0 Å². The Morgan fingerprint density at radius 2 is 1.43 bits per heavy atom. The molecule has 0 atom stereocenters. The normalized spacial score (nSPS) is 17.8. The van der Waals surface area contributed by atoms with Crippen molar-refractivity contribution in [2.45, 2.75) is 13.8 Å². The summed E-state index contributed by atoms with van der Waals surface area (Å²) in [6.45, 7) is 10.9. The van der Waals surface area contributed by atoms with Crippen molar-refractivity contribution < 1.29 is 4.79 Å². The van der Waals surface area contributed by atoms with E-state index < -0.39 is 0 Å². The number of aryl methyl sites for hydroxylation is 1. The topological polar surface area (TPSA) is 42.9 Å². The van der Waals surface area contributed by atoms with E-state index in [-0.39, 0.29) is 6.03 Å². The van der Waals surface area contributed by atoms with Crippen LogP contribution in [0.3, 0.4) is 0 Å². The Hall–Kier alpha value is -2.76. The second-order valence-electron chi connectivity index (χ2n) is 7.64. The van der Waals surface area contributed by atoms with Gasteiger partial charge in [-0.25, -0.2) is 9.78 Å². The van der Waals surface area contributed by atoms with Gasteiger partial charge in [0.15, 0.2) is 0 Å². The highest BCUT2D eigenvalue weighted by atomic mass is 16.2. The van der Waals surface area contributed by atoms with Gasteiger partial charge in [0.2, 0.25) is 0 Å². The predicted octanol–water partition coefficient (Wildman–Crippen LogP) is 2.76. The molecule has 2 aromatic rings. The molecule has 2 aliphatic heterocycles. The Labute approximate surface area is 167 Å². The molecule has 0 saturated carbocycles. The number of hydrogen-bond donors (Lipinski definition) is 0. The van der Waals surface area contributed by atoms with Crippen LogP contribution in [0.5, 0.6) is 0 Å². The fraction of sp³-hybridized carbons (Fsp3) is 0.455. The van der Waals surface area contributed by atoms with Crippen LogP contribution in [0.15, 0.2) is 42.6 Å². The van der Waals surface area contributed by atoms with E-state index in [1.165, 1.54) is 16.8 Å². The number of piperazine rings is 2. The molecule has 2 aliphatic rings. The predicted molar refractivity (Wildman–Crippen MR) is 113 cm³/mol. The smallest absolute Gasteiger partial charge is 0.320 e. The second-order valence-corrected chi connectivity index (χ2v) is 7.64. The zero-order valence-corrected chi connectivity index (χ0v) is 16.8. The highest BCUT2D eigenvalue weighted by molar-refractivity contribution is 5.75. The van der Waals surface area contributed by atoms with Gasteiger partial charge in [0.05, 0.1) is 0 Å². The average Bonchev–Trinajstić information content (AvgIpc) is 2.76. The Morgan fingerprint density at radius 1 is 0.786 bits per heavy atom. The van der Waals surface area contributed by atoms with Crippen LogP contribution in [0.4, 0.5) is 16.3 Å². The van der Waals surface area contributed by atoms with Gasteiger partial charge < -0.3 is 19.6 Å². The van der Waals surface area contributed by atoms with Crippen molar-refractivity contribution in [3.63, 3.8) is 0 Å². The maximum atomic E-state index is 13.0. The molecule has 148 valence electrons. The van der Waals surface area contributed by atoms with E-state index >= 15 is 0 Å². The van der Waals surface area contributed by atoms with Crippen molar-refractivity contribution in [1.82, 2.24) is 14.8 Å². The van der Waals surface area contributed by atoms with Gasteiger partial charge in [0, 0.05) is 64.2 Å². The Balaban J connectivity index is 1.30. The number of amides is 2. The van der Waals surface area contributed by atoms with E-state index in [0.29, 0.717) is 0 Å². The van der Waals surface area contributed by atoms with Crippen molar-refractivity contribution in [1.29, 1.82) is 0 Å². The highest BCUT2D eigenvalue weighted by Gasteiger charge is 2.28. The van der Waals surface area contributed by atoms with Crippen LogP contribution < -0.4 is 9.80 Å². The molecule has 6 nitrogen and oxygen atoms in total. The number of anilines is 2. The van der Waals surface area contributed by atoms with Crippen molar-refractivity contribution in [3.8, 4) is 0 Å². The quantitative estimate of drug-likeness (QED) is 0.805.